The molecule has 3 aromatic rings. The van der Waals surface area contributed by atoms with Crippen LogP contribution in [0.5, 0.6) is 0 Å². The largest absolute Gasteiger partial charge is 0.458 e. The quantitative estimate of drug-likeness (QED) is 0.465. The maximum atomic E-state index is 13.5. The molecule has 0 radical (unpaired) electrons. The fraction of sp³-hybridized carbons (Fsp3) is 0.423. The molecule has 1 aliphatic carbocycles. The Morgan fingerprint density at radius 3 is 2.75 bits per heavy atom. The molecule has 0 spiro atoms. The van der Waals surface area contributed by atoms with Crippen LogP contribution in [0.2, 0.25) is 0 Å². The second-order valence-corrected chi connectivity index (χ2v) is 9.59. The number of pyridine rings is 2. The molecule has 4 heterocycles. The monoisotopic (exact) mass is 430 g/mol. The van der Waals surface area contributed by atoms with Crippen molar-refractivity contribution in [1.29, 1.82) is 0 Å². The number of aryl methyl sites for hydroxylation is 2. The molecule has 2 unspecified atom stereocenters. The van der Waals surface area contributed by atoms with Crippen molar-refractivity contribution in [2.75, 3.05) is 0 Å². The first-order chi connectivity index (χ1) is 15.3. The molecule has 1 aromatic carbocycles. The first kappa shape index (κ1) is 19.7. The van der Waals surface area contributed by atoms with Gasteiger partial charge in [0, 0.05) is 16.5 Å². The van der Waals surface area contributed by atoms with Gasteiger partial charge in [-0.15, -0.1) is 0 Å². The number of hydrogen-bond acceptors (Lipinski definition) is 5. The average Bonchev–Trinajstić information content (AvgIpc) is 3.14. The van der Waals surface area contributed by atoms with Crippen LogP contribution in [0.15, 0.2) is 16.9 Å². The fourth-order valence-electron chi connectivity index (χ4n) is 5.97. The van der Waals surface area contributed by atoms with Gasteiger partial charge in [0.2, 0.25) is 0 Å². The Balaban J connectivity index is 1.70. The lowest BCUT2D eigenvalue weighted by Gasteiger charge is -2.31. The van der Waals surface area contributed by atoms with Crippen molar-refractivity contribution in [2.24, 2.45) is 0 Å². The summed E-state index contributed by atoms with van der Waals surface area (Å²) in [5.41, 5.74) is 7.50. The van der Waals surface area contributed by atoms with Crippen LogP contribution in [0.1, 0.15) is 71.6 Å². The van der Waals surface area contributed by atoms with Gasteiger partial charge < -0.3 is 14.4 Å². The van der Waals surface area contributed by atoms with Crippen LogP contribution < -0.4 is 5.56 Å². The number of nitrogens with zero attached hydrogens (tertiary/aromatic N) is 2. The summed E-state index contributed by atoms with van der Waals surface area (Å²) < 4.78 is 6.92. The second-order valence-electron chi connectivity index (χ2n) is 9.59. The van der Waals surface area contributed by atoms with Crippen molar-refractivity contribution in [1.82, 2.24) is 9.55 Å². The molecule has 3 aliphatic rings. The zero-order valence-electron chi connectivity index (χ0n) is 18.8. The highest BCUT2D eigenvalue weighted by molar-refractivity contribution is 5.93. The van der Waals surface area contributed by atoms with E-state index in [1.165, 1.54) is 27.6 Å². The van der Waals surface area contributed by atoms with E-state index in [1.54, 1.807) is 17.6 Å². The van der Waals surface area contributed by atoms with E-state index < -0.39 is 11.6 Å². The Kier molecular flexibility index (Phi) is 3.87. The zero-order chi connectivity index (χ0) is 22.5. The predicted octanol–water partition coefficient (Wildman–Crippen LogP) is 3.75. The minimum Gasteiger partial charge on any atom is -0.458 e. The number of fused-ring (bicyclic) bond motifs is 5. The Bertz CT molecular complexity index is 1430. The van der Waals surface area contributed by atoms with Gasteiger partial charge in [0.05, 0.1) is 29.0 Å². The van der Waals surface area contributed by atoms with Gasteiger partial charge in [-0.25, -0.2) is 9.78 Å². The second kappa shape index (κ2) is 6.29. The molecule has 0 bridgehead atoms. The molecule has 2 aromatic heterocycles. The van der Waals surface area contributed by atoms with Crippen molar-refractivity contribution in [3.05, 3.63) is 61.4 Å². The first-order valence-corrected chi connectivity index (χ1v) is 11.4. The Labute approximate surface area is 185 Å². The van der Waals surface area contributed by atoms with Crippen molar-refractivity contribution < 1.29 is 14.6 Å². The van der Waals surface area contributed by atoms with Gasteiger partial charge >= 0.3 is 5.97 Å². The van der Waals surface area contributed by atoms with Crippen molar-refractivity contribution in [3.8, 4) is 11.4 Å². The topological polar surface area (TPSA) is 81.4 Å². The number of cyclic esters (lactones) is 1. The lowest BCUT2D eigenvalue weighted by atomic mass is 9.78. The van der Waals surface area contributed by atoms with Gasteiger partial charge in [-0.2, -0.15) is 0 Å². The SMILES string of the molecule is CCC1(O)C(=O)OCc2c1cc1n(c2=O)Cc2c-1nc1cc(C)c(C)c3c1c2C(C)CC3. The van der Waals surface area contributed by atoms with Crippen LogP contribution in [0, 0.1) is 13.8 Å². The van der Waals surface area contributed by atoms with Gasteiger partial charge in [-0.3, -0.25) is 4.79 Å². The summed E-state index contributed by atoms with van der Waals surface area (Å²) in [6, 6.07) is 3.95. The van der Waals surface area contributed by atoms with Gasteiger partial charge in [0.25, 0.3) is 5.56 Å². The lowest BCUT2D eigenvalue weighted by Crippen LogP contribution is -2.44. The van der Waals surface area contributed by atoms with E-state index in [0.29, 0.717) is 29.3 Å². The average molecular weight is 431 g/mol. The maximum absolute atomic E-state index is 13.5. The Morgan fingerprint density at radius 2 is 2.00 bits per heavy atom. The number of carbonyl (C=O) groups excluding carboxylic acids is 1. The Morgan fingerprint density at radius 1 is 1.22 bits per heavy atom. The lowest BCUT2D eigenvalue weighted by molar-refractivity contribution is -0.172. The highest BCUT2D eigenvalue weighted by atomic mass is 16.6. The minimum absolute atomic E-state index is 0.104. The summed E-state index contributed by atoms with van der Waals surface area (Å²) in [4.78, 5) is 30.9. The van der Waals surface area contributed by atoms with E-state index in [2.05, 4.69) is 26.8 Å². The van der Waals surface area contributed by atoms with E-state index in [0.717, 1.165) is 29.6 Å². The summed E-state index contributed by atoms with van der Waals surface area (Å²) in [6.07, 6.45) is 2.26. The molecule has 2 aliphatic heterocycles. The molecule has 6 nitrogen and oxygen atoms in total. The molecular weight excluding hydrogens is 404 g/mol. The first-order valence-electron chi connectivity index (χ1n) is 11.4. The van der Waals surface area contributed by atoms with Gasteiger partial charge in [0.1, 0.15) is 6.61 Å². The van der Waals surface area contributed by atoms with Crippen LogP contribution in [0.3, 0.4) is 0 Å². The van der Waals surface area contributed by atoms with E-state index >= 15 is 0 Å². The highest BCUT2D eigenvalue weighted by Gasteiger charge is 2.45. The number of ether oxygens (including phenoxy) is 1. The molecule has 164 valence electrons. The summed E-state index contributed by atoms with van der Waals surface area (Å²) in [6.45, 7) is 8.65. The number of esters is 1. The third kappa shape index (κ3) is 2.26. The minimum atomic E-state index is -1.80. The number of aliphatic hydroxyl groups is 1. The summed E-state index contributed by atoms with van der Waals surface area (Å²) in [5.74, 6) is -0.318. The smallest absolute Gasteiger partial charge is 0.343 e. The number of benzene rings is 1. The predicted molar refractivity (Wildman–Crippen MR) is 121 cm³/mol. The molecule has 6 heteroatoms. The van der Waals surface area contributed by atoms with Crippen LogP contribution in [0.25, 0.3) is 22.3 Å². The molecule has 0 saturated carbocycles. The van der Waals surface area contributed by atoms with Crippen LogP contribution in [-0.2, 0) is 34.7 Å². The molecule has 1 N–H and O–H groups in total. The van der Waals surface area contributed by atoms with E-state index in [4.69, 9.17) is 9.72 Å². The fourth-order valence-corrected chi connectivity index (χ4v) is 5.97. The maximum Gasteiger partial charge on any atom is 0.343 e. The molecule has 2 atom stereocenters. The molecule has 6 rings (SSSR count). The zero-order valence-corrected chi connectivity index (χ0v) is 18.8. The molecule has 0 amide bonds. The van der Waals surface area contributed by atoms with Crippen molar-refractivity contribution in [2.45, 2.75) is 71.6 Å². The van der Waals surface area contributed by atoms with Crippen LogP contribution >= 0.6 is 0 Å². The van der Waals surface area contributed by atoms with Crippen molar-refractivity contribution >= 4 is 16.9 Å². The third-order valence-electron chi connectivity index (χ3n) is 7.99. The molecule has 32 heavy (non-hydrogen) atoms. The highest BCUT2D eigenvalue weighted by Crippen LogP contribution is 2.46. The molecular formula is C26H26N2O4. The number of carbonyl (C=O) groups is 1. The number of aromatic nitrogens is 2. The van der Waals surface area contributed by atoms with Gasteiger partial charge in [-0.1, -0.05) is 13.8 Å². The van der Waals surface area contributed by atoms with Crippen LogP contribution in [0.4, 0.5) is 0 Å². The third-order valence-corrected chi connectivity index (χ3v) is 7.99. The number of hydrogen-bond donors (Lipinski definition) is 1. The number of rotatable bonds is 1. The normalized spacial score (nSPS) is 23.0. The van der Waals surface area contributed by atoms with E-state index in [9.17, 15) is 14.7 Å². The molecule has 0 saturated heterocycles. The van der Waals surface area contributed by atoms with Crippen LogP contribution in [-0.4, -0.2) is 20.6 Å². The molecule has 0 fully saturated rings. The van der Waals surface area contributed by atoms with Gasteiger partial charge in [-0.05, 0) is 73.4 Å². The summed E-state index contributed by atoms with van der Waals surface area (Å²) >= 11 is 0. The van der Waals surface area contributed by atoms with E-state index in [1.807, 2.05) is 0 Å². The summed E-state index contributed by atoms with van der Waals surface area (Å²) in [5, 5.41) is 12.3. The standard InChI is InChI=1S/C26H26N2O4/c1-5-26(31)18-9-20-23-16(10-28(20)24(29)17(18)11-32-25(26)30)21-12(2)6-7-15-14(4)13(3)8-19(27-23)22(15)21/h8-9,12,31H,5-7,10-11H2,1-4H3. The van der Waals surface area contributed by atoms with Gasteiger partial charge in [0.15, 0.2) is 5.60 Å². The van der Waals surface area contributed by atoms with Crippen molar-refractivity contribution in [3.63, 3.8) is 0 Å². The Hall–Kier alpha value is -2.99. The van der Waals surface area contributed by atoms with E-state index in [-0.39, 0.29) is 18.6 Å². The summed E-state index contributed by atoms with van der Waals surface area (Å²) in [7, 11) is 0.